The zero-order valence-electron chi connectivity index (χ0n) is 16.0. The average molecular weight is 435 g/mol. The van der Waals surface area contributed by atoms with E-state index in [9.17, 15) is 14.0 Å². The fourth-order valence-corrected chi connectivity index (χ4v) is 3.84. The van der Waals surface area contributed by atoms with E-state index >= 15 is 0 Å². The summed E-state index contributed by atoms with van der Waals surface area (Å²) < 4.78 is 14.6. The van der Waals surface area contributed by atoms with E-state index in [0.717, 1.165) is 5.69 Å². The van der Waals surface area contributed by atoms with Crippen molar-refractivity contribution < 1.29 is 14.0 Å². The Morgan fingerprint density at radius 2 is 1.97 bits per heavy atom. The van der Waals surface area contributed by atoms with Crippen molar-refractivity contribution in [1.29, 1.82) is 0 Å². The summed E-state index contributed by atoms with van der Waals surface area (Å²) in [6, 6.07) is 5.50. The Balaban J connectivity index is 1.57. The minimum atomic E-state index is -0.428. The maximum atomic E-state index is 12.9. The summed E-state index contributed by atoms with van der Waals surface area (Å²) in [6.07, 6.45) is 0.000403. The lowest BCUT2D eigenvalue weighted by molar-refractivity contribution is -0.116. The lowest BCUT2D eigenvalue weighted by Gasteiger charge is -2.10. The number of benzene rings is 1. The van der Waals surface area contributed by atoms with Crippen LogP contribution in [0.3, 0.4) is 0 Å². The summed E-state index contributed by atoms with van der Waals surface area (Å²) in [4.78, 5) is 28.7. The molecule has 1 aromatic carbocycles. The molecule has 3 rings (SSSR count). The third-order valence-corrected chi connectivity index (χ3v) is 5.88. The number of anilines is 2. The molecule has 0 aliphatic carbocycles. The zero-order valence-corrected chi connectivity index (χ0v) is 17.6. The van der Waals surface area contributed by atoms with Gasteiger partial charge in [-0.1, -0.05) is 11.8 Å². The van der Waals surface area contributed by atoms with Gasteiger partial charge in [-0.2, -0.15) is 0 Å². The fraction of sp³-hybridized carbons (Fsp3) is 0.278. The second-order valence-electron chi connectivity index (χ2n) is 6.23. The first kappa shape index (κ1) is 20.9. The standard InChI is InChI=1S/C18H19FN6O2S2/c1-10-9-28-17(20-10)22-16(27)11(2)29-18-24-23-14(25(18)3)8-15(26)21-13-6-4-12(19)5-7-13/h4-7,9,11H,8H2,1-3H3,(H,21,26)(H,20,22,27)/t11-/m0/s1. The molecule has 0 fully saturated rings. The molecule has 8 nitrogen and oxygen atoms in total. The first-order valence-electron chi connectivity index (χ1n) is 8.65. The van der Waals surface area contributed by atoms with E-state index in [1.54, 1.807) is 18.5 Å². The molecule has 29 heavy (non-hydrogen) atoms. The van der Waals surface area contributed by atoms with Crippen LogP contribution < -0.4 is 10.6 Å². The highest BCUT2D eigenvalue weighted by atomic mass is 32.2. The van der Waals surface area contributed by atoms with Gasteiger partial charge >= 0.3 is 0 Å². The predicted octanol–water partition coefficient (Wildman–Crippen LogP) is 3.02. The van der Waals surface area contributed by atoms with E-state index in [4.69, 9.17) is 0 Å². The number of thiazole rings is 1. The quantitative estimate of drug-likeness (QED) is 0.554. The molecular formula is C18H19FN6O2S2. The number of aryl methyl sites for hydroxylation is 1. The third kappa shape index (κ3) is 5.61. The number of nitrogens with one attached hydrogen (secondary N) is 2. The molecule has 0 saturated carbocycles. The van der Waals surface area contributed by atoms with Gasteiger partial charge < -0.3 is 15.2 Å². The number of hydrogen-bond donors (Lipinski definition) is 2. The highest BCUT2D eigenvalue weighted by Gasteiger charge is 2.20. The molecule has 2 heterocycles. The Bertz CT molecular complexity index is 1020. The van der Waals surface area contributed by atoms with Crippen LogP contribution in [-0.2, 0) is 23.1 Å². The van der Waals surface area contributed by atoms with Gasteiger partial charge in [-0.3, -0.25) is 9.59 Å². The molecule has 0 aliphatic rings. The number of amides is 2. The molecule has 0 aliphatic heterocycles. The highest BCUT2D eigenvalue weighted by Crippen LogP contribution is 2.23. The van der Waals surface area contributed by atoms with E-state index in [0.29, 0.717) is 21.8 Å². The van der Waals surface area contributed by atoms with E-state index in [1.807, 2.05) is 12.3 Å². The molecule has 0 spiro atoms. The summed E-state index contributed by atoms with van der Waals surface area (Å²) in [7, 11) is 1.73. The van der Waals surface area contributed by atoms with Crippen LogP contribution in [0.25, 0.3) is 0 Å². The Morgan fingerprint density at radius 3 is 2.62 bits per heavy atom. The summed E-state index contributed by atoms with van der Waals surface area (Å²) >= 11 is 2.60. The molecule has 0 unspecified atom stereocenters. The van der Waals surface area contributed by atoms with Crippen LogP contribution in [-0.4, -0.2) is 36.8 Å². The van der Waals surface area contributed by atoms with Crippen LogP contribution in [0.5, 0.6) is 0 Å². The predicted molar refractivity (Wildman–Crippen MR) is 111 cm³/mol. The van der Waals surface area contributed by atoms with Gasteiger partial charge in [0.05, 0.1) is 17.4 Å². The smallest absolute Gasteiger partial charge is 0.239 e. The maximum absolute atomic E-state index is 12.9. The topological polar surface area (TPSA) is 102 Å². The van der Waals surface area contributed by atoms with Crippen molar-refractivity contribution in [1.82, 2.24) is 19.7 Å². The number of halogens is 1. The van der Waals surface area contributed by atoms with Crippen molar-refractivity contribution in [2.24, 2.45) is 7.05 Å². The van der Waals surface area contributed by atoms with Crippen LogP contribution in [0.4, 0.5) is 15.2 Å². The minimum Gasteiger partial charge on any atom is -0.326 e. The lowest BCUT2D eigenvalue weighted by Crippen LogP contribution is -2.23. The molecule has 0 bridgehead atoms. The molecule has 2 aromatic heterocycles. The molecule has 0 saturated heterocycles. The van der Waals surface area contributed by atoms with Gasteiger partial charge in [-0.25, -0.2) is 9.37 Å². The molecular weight excluding hydrogens is 415 g/mol. The summed E-state index contributed by atoms with van der Waals surface area (Å²) in [5.74, 6) is -0.409. The highest BCUT2D eigenvalue weighted by molar-refractivity contribution is 8.00. The Labute approximate surface area is 174 Å². The monoisotopic (exact) mass is 434 g/mol. The SMILES string of the molecule is Cc1csc(NC(=O)[C@H](C)Sc2nnc(CC(=O)Nc3ccc(F)cc3)n2C)n1. The summed E-state index contributed by atoms with van der Waals surface area (Å²) in [5, 5.41) is 16.1. The summed E-state index contributed by atoms with van der Waals surface area (Å²) in [5.41, 5.74) is 1.35. The minimum absolute atomic E-state index is 0.000403. The first-order chi connectivity index (χ1) is 13.8. The molecule has 3 aromatic rings. The summed E-state index contributed by atoms with van der Waals surface area (Å²) in [6.45, 7) is 3.62. The van der Waals surface area contributed by atoms with Gasteiger partial charge in [-0.15, -0.1) is 21.5 Å². The van der Waals surface area contributed by atoms with Crippen LogP contribution in [0.15, 0.2) is 34.8 Å². The van der Waals surface area contributed by atoms with Gasteiger partial charge in [0.2, 0.25) is 11.8 Å². The van der Waals surface area contributed by atoms with Gasteiger partial charge in [-0.05, 0) is 38.1 Å². The van der Waals surface area contributed by atoms with Crippen molar-refractivity contribution in [3.63, 3.8) is 0 Å². The van der Waals surface area contributed by atoms with Crippen LogP contribution in [0.1, 0.15) is 18.4 Å². The van der Waals surface area contributed by atoms with E-state index < -0.39 is 5.25 Å². The van der Waals surface area contributed by atoms with Crippen molar-refractivity contribution in [3.05, 3.63) is 47.0 Å². The average Bonchev–Trinajstić information content (AvgIpc) is 3.23. The van der Waals surface area contributed by atoms with Gasteiger partial charge in [0.25, 0.3) is 0 Å². The zero-order chi connectivity index (χ0) is 21.0. The lowest BCUT2D eigenvalue weighted by atomic mass is 10.3. The third-order valence-electron chi connectivity index (χ3n) is 3.87. The normalized spacial score (nSPS) is 11.9. The number of carbonyl (C=O) groups excluding carboxylic acids is 2. The first-order valence-corrected chi connectivity index (χ1v) is 10.4. The Morgan fingerprint density at radius 1 is 1.24 bits per heavy atom. The van der Waals surface area contributed by atoms with Crippen molar-refractivity contribution in [2.45, 2.75) is 30.7 Å². The number of nitrogens with zero attached hydrogens (tertiary/aromatic N) is 4. The molecule has 1 atom stereocenters. The fourth-order valence-electron chi connectivity index (χ4n) is 2.31. The van der Waals surface area contributed by atoms with E-state index in [2.05, 4.69) is 25.8 Å². The van der Waals surface area contributed by atoms with Crippen molar-refractivity contribution in [2.75, 3.05) is 10.6 Å². The Kier molecular flexibility index (Phi) is 6.60. The van der Waals surface area contributed by atoms with Crippen molar-refractivity contribution >= 4 is 45.7 Å². The number of hydrogen-bond acceptors (Lipinski definition) is 7. The van der Waals surface area contributed by atoms with E-state index in [-0.39, 0.29) is 24.1 Å². The van der Waals surface area contributed by atoms with Gasteiger partial charge in [0.1, 0.15) is 11.6 Å². The molecule has 0 radical (unpaired) electrons. The second kappa shape index (κ2) is 9.14. The Hall–Kier alpha value is -2.79. The maximum Gasteiger partial charge on any atom is 0.239 e. The van der Waals surface area contributed by atoms with Crippen LogP contribution in [0, 0.1) is 12.7 Å². The van der Waals surface area contributed by atoms with Crippen molar-refractivity contribution in [3.8, 4) is 0 Å². The molecule has 11 heteroatoms. The number of thioether (sulfide) groups is 1. The van der Waals surface area contributed by atoms with Crippen LogP contribution >= 0.6 is 23.1 Å². The number of aromatic nitrogens is 4. The molecule has 152 valence electrons. The largest absolute Gasteiger partial charge is 0.326 e. The molecule has 2 N–H and O–H groups in total. The van der Waals surface area contributed by atoms with Crippen LogP contribution in [0.2, 0.25) is 0 Å². The number of carbonyl (C=O) groups is 2. The second-order valence-corrected chi connectivity index (χ2v) is 8.40. The number of rotatable bonds is 7. The van der Waals surface area contributed by atoms with Gasteiger partial charge in [0, 0.05) is 18.1 Å². The van der Waals surface area contributed by atoms with E-state index in [1.165, 1.54) is 47.4 Å². The molecule has 2 amide bonds. The van der Waals surface area contributed by atoms with Gasteiger partial charge in [0.15, 0.2) is 10.3 Å².